The minimum absolute atomic E-state index is 0.0376. The lowest BCUT2D eigenvalue weighted by Crippen LogP contribution is -2.10. The van der Waals surface area contributed by atoms with Gasteiger partial charge in [-0.25, -0.2) is 15.0 Å². The number of aromatic nitrogens is 4. The van der Waals surface area contributed by atoms with Gasteiger partial charge in [0.15, 0.2) is 0 Å². The van der Waals surface area contributed by atoms with Gasteiger partial charge >= 0.3 is 11.4 Å². The number of methoxy groups -OCH3 is 2. The fourth-order valence-corrected chi connectivity index (χ4v) is 7.83. The molecular weight excluding hydrogens is 924 g/mol. The molecule has 0 spiro atoms. The number of benzene rings is 4. The first-order valence-corrected chi connectivity index (χ1v) is 25.0. The highest BCUT2D eigenvalue weighted by Crippen LogP contribution is 2.39. The zero-order valence-corrected chi connectivity index (χ0v) is 39.4. The molecule has 6 N–H and O–H groups in total. The molecule has 24 heteroatoms. The Morgan fingerprint density at radius 3 is 1.62 bits per heavy atom. The average molecular weight is 973 g/mol. The van der Waals surface area contributed by atoms with Crippen LogP contribution in [0.1, 0.15) is 19.8 Å². The van der Waals surface area contributed by atoms with Crippen molar-refractivity contribution in [2.45, 2.75) is 19.8 Å². The number of unbranched alkanes of at least 4 members (excludes halogenated alkanes) is 1. The maximum Gasteiger partial charge on any atom is 0.307 e. The van der Waals surface area contributed by atoms with Crippen LogP contribution < -0.4 is 41.8 Å². The van der Waals surface area contributed by atoms with Gasteiger partial charge in [0, 0.05) is 53.9 Å². The predicted molar refractivity (Wildman–Crippen MR) is 256 cm³/mol. The molecule has 4 aromatic carbocycles. The van der Waals surface area contributed by atoms with Gasteiger partial charge in [-0.1, -0.05) is 37.6 Å². The van der Waals surface area contributed by atoms with Crippen molar-refractivity contribution < 1.29 is 42.3 Å². The fourth-order valence-electron chi connectivity index (χ4n) is 5.37. The summed E-state index contributed by atoms with van der Waals surface area (Å²) >= 11 is 5.72. The number of anilines is 7. The van der Waals surface area contributed by atoms with Gasteiger partial charge in [-0.3, -0.25) is 20.2 Å². The molecule has 6 rings (SSSR count). The van der Waals surface area contributed by atoms with Crippen LogP contribution in [0.5, 0.6) is 11.5 Å². The van der Waals surface area contributed by atoms with Gasteiger partial charge < -0.3 is 45.4 Å². The number of nitrogens with two attached hydrogens (primary N) is 1. The molecule has 2 heterocycles. The summed E-state index contributed by atoms with van der Waals surface area (Å²) in [5.74, 6) is -0.742. The lowest BCUT2D eigenvalue weighted by molar-refractivity contribution is -0.387. The maximum atomic E-state index is 13.8. The van der Waals surface area contributed by atoms with Crippen molar-refractivity contribution >= 4 is 88.2 Å². The van der Waals surface area contributed by atoms with E-state index in [2.05, 4.69) is 47.5 Å². The van der Waals surface area contributed by atoms with Gasteiger partial charge in [0.1, 0.15) is 37.4 Å². The molecule has 352 valence electrons. The highest BCUT2D eigenvalue weighted by atomic mass is 35.5. The van der Waals surface area contributed by atoms with Gasteiger partial charge in [0.05, 0.1) is 46.8 Å². The summed E-state index contributed by atoms with van der Waals surface area (Å²) in [5.41, 5.74) is 5.58. The zero-order chi connectivity index (χ0) is 49.2. The smallest absolute Gasteiger partial charge is 0.307 e. The van der Waals surface area contributed by atoms with Crippen LogP contribution in [-0.2, 0) is 9.13 Å². The van der Waals surface area contributed by atoms with E-state index in [9.17, 15) is 38.1 Å². The largest absolute Gasteiger partial charge is 0.494 e. The van der Waals surface area contributed by atoms with Gasteiger partial charge in [0.2, 0.25) is 22.9 Å². The Morgan fingerprint density at radius 2 is 1.18 bits per heavy atom. The van der Waals surface area contributed by atoms with Gasteiger partial charge in [-0.05, 0) is 81.1 Å². The summed E-state index contributed by atoms with van der Waals surface area (Å²) in [6.45, 7) is 9.22. The molecule has 0 saturated heterocycles. The lowest BCUT2D eigenvalue weighted by atomic mass is 10.2. The Labute approximate surface area is 384 Å². The first-order valence-electron chi connectivity index (χ1n) is 19.4. The summed E-state index contributed by atoms with van der Waals surface area (Å²) in [6, 6.07) is 21.7. The molecule has 0 aliphatic heterocycles. The second-order valence-corrected chi connectivity index (χ2v) is 20.9. The van der Waals surface area contributed by atoms with E-state index in [0.29, 0.717) is 29.2 Å². The van der Waals surface area contributed by atoms with Crippen molar-refractivity contribution in [2.24, 2.45) is 0 Å². The number of nitro groups is 2. The Balaban J connectivity index is 0.000000271. The third-order valence-corrected chi connectivity index (χ3v) is 11.8. The van der Waals surface area contributed by atoms with Gasteiger partial charge in [0.25, 0.3) is 0 Å². The van der Waals surface area contributed by atoms with E-state index >= 15 is 0 Å². The number of aliphatic hydroxyl groups excluding tert-OH is 1. The number of halogens is 3. The third-order valence-electron chi connectivity index (χ3n) is 8.50. The van der Waals surface area contributed by atoms with E-state index in [1.807, 2.05) is 30.3 Å². The summed E-state index contributed by atoms with van der Waals surface area (Å²) in [7, 11) is -2.25. The summed E-state index contributed by atoms with van der Waals surface area (Å²) in [6.07, 6.45) is 5.08. The number of nitrogens with zero attached hydrogens (tertiary/aromatic N) is 6. The molecule has 6 aromatic rings. The second kappa shape index (κ2) is 25.1. The molecule has 0 aliphatic carbocycles. The van der Waals surface area contributed by atoms with Crippen LogP contribution in [0, 0.1) is 31.9 Å². The number of aliphatic hydroxyl groups is 1. The predicted octanol–water partition coefficient (Wildman–Crippen LogP) is 9.49. The molecule has 66 heavy (non-hydrogen) atoms. The number of hydrogen-bond donors (Lipinski definition) is 5. The fraction of sp³-hybridized carbons (Fsp3) is 0.238. The van der Waals surface area contributed by atoms with Crippen LogP contribution in [0.25, 0.3) is 0 Å². The number of para-hydroxylation sites is 2. The first-order chi connectivity index (χ1) is 31.1. The third kappa shape index (κ3) is 16.3. The number of rotatable bonds is 14. The summed E-state index contributed by atoms with van der Waals surface area (Å²) in [4.78, 5) is 35.9. The monoisotopic (exact) mass is 972 g/mol. The number of hydrogen-bond acceptors (Lipinski definition) is 17. The minimum Gasteiger partial charge on any atom is -0.494 e. The summed E-state index contributed by atoms with van der Waals surface area (Å²) < 4.78 is 61.2. The van der Waals surface area contributed by atoms with E-state index in [0.717, 1.165) is 48.1 Å². The van der Waals surface area contributed by atoms with E-state index in [4.69, 9.17) is 27.2 Å². The SMILES string of the molecule is CCCCO.COc1cc(F)c([N+](=O)[O-])cc1N.COc1cc(F)c([N+](=O)[O-])cc1Nc1nccc(Nc2ccccc2P(C)(C)=O)n1.CP(C)(=O)c1ccccc1Nc1ccnc(Cl)n1. The molecular formula is C42H49ClF2N10O9P2. The lowest BCUT2D eigenvalue weighted by Gasteiger charge is -2.15. The van der Waals surface area contributed by atoms with Crippen molar-refractivity contribution in [3.8, 4) is 11.5 Å². The van der Waals surface area contributed by atoms with Gasteiger partial charge in [-0.15, -0.1) is 0 Å². The molecule has 2 aromatic heterocycles. The normalized spacial score (nSPS) is 10.7. The van der Waals surface area contributed by atoms with Crippen molar-refractivity contribution in [1.82, 2.24) is 19.9 Å². The first kappa shape index (κ1) is 53.5. The van der Waals surface area contributed by atoms with E-state index < -0.39 is 47.1 Å². The quantitative estimate of drug-likeness (QED) is 0.0223. The molecule has 19 nitrogen and oxygen atoms in total. The molecule has 0 amide bonds. The van der Waals surface area contributed by atoms with Crippen LogP contribution in [0.4, 0.5) is 60.5 Å². The van der Waals surface area contributed by atoms with E-state index in [1.54, 1.807) is 63.2 Å². The Morgan fingerprint density at radius 1 is 0.712 bits per heavy atom. The van der Waals surface area contributed by atoms with Crippen molar-refractivity contribution in [3.05, 3.63) is 134 Å². The maximum absolute atomic E-state index is 13.8. The number of nitro benzene ring substituents is 2. The highest BCUT2D eigenvalue weighted by Gasteiger charge is 2.21. The topological polar surface area (TPSA) is 273 Å². The van der Waals surface area contributed by atoms with Crippen molar-refractivity contribution in [1.29, 1.82) is 0 Å². The van der Waals surface area contributed by atoms with E-state index in [1.165, 1.54) is 20.4 Å². The van der Waals surface area contributed by atoms with Crippen LogP contribution >= 0.6 is 25.9 Å². The van der Waals surface area contributed by atoms with Crippen LogP contribution in [-0.4, -0.2) is 82.4 Å². The number of nitrogens with one attached hydrogen (secondary N) is 3. The molecule has 0 saturated carbocycles. The Hall–Kier alpha value is -6.79. The zero-order valence-electron chi connectivity index (χ0n) is 36.9. The molecule has 0 unspecified atom stereocenters. The van der Waals surface area contributed by atoms with E-state index in [-0.39, 0.29) is 34.1 Å². The van der Waals surface area contributed by atoms with Crippen molar-refractivity contribution in [3.63, 3.8) is 0 Å². The summed E-state index contributed by atoms with van der Waals surface area (Å²) in [5, 5.41) is 40.0. The minimum atomic E-state index is -2.53. The number of ether oxygens (including phenoxy) is 2. The molecule has 0 aliphatic rings. The van der Waals surface area contributed by atoms with Crippen LogP contribution in [0.3, 0.4) is 0 Å². The Kier molecular flexibility index (Phi) is 20.3. The number of nitrogen functional groups attached to an aromatic ring is 1. The van der Waals surface area contributed by atoms with Crippen LogP contribution in [0.2, 0.25) is 5.28 Å². The molecule has 0 radical (unpaired) electrons. The van der Waals surface area contributed by atoms with Gasteiger partial charge in [-0.2, -0.15) is 13.8 Å². The van der Waals surface area contributed by atoms with Crippen LogP contribution in [0.15, 0.2) is 97.3 Å². The Bertz CT molecular complexity index is 2710. The molecule has 0 fully saturated rings. The molecule has 0 atom stereocenters. The molecule has 0 bridgehead atoms. The van der Waals surface area contributed by atoms with Crippen molar-refractivity contribution in [2.75, 3.05) is 69.2 Å². The average Bonchev–Trinajstić information content (AvgIpc) is 3.25. The highest BCUT2D eigenvalue weighted by molar-refractivity contribution is 7.70. The standard InChI is InChI=1S/C19H19FN5O4P.C12H13ClN3OP.C7H7FN2O3.C4H10O/c1-29-16-10-12(20)15(25(26)27)11-14(16)23-19-21-9-8-18(24-19)22-13-6-4-5-7-17(13)30(2,3)28;1-18(2,17)10-6-4-3-5-9(10)15-11-7-8-14-12(13)16-11;1-13-7-2-4(8)6(10(11)12)3-5(7)9;1-2-3-4-5/h4-11H,1-3H3,(H2,21,22,23,24);3-8H,1-2H3,(H,14,15,16);2-3H,9H2,1H3;5H,2-4H2,1H3. The second-order valence-electron chi connectivity index (χ2n) is 14.2.